The monoisotopic (exact) mass is 423 g/mol. The Morgan fingerprint density at radius 2 is 1.84 bits per heavy atom. The smallest absolute Gasteiger partial charge is 0.340 e. The lowest BCUT2D eigenvalue weighted by Crippen LogP contribution is -2.46. The molecule has 0 aliphatic rings. The van der Waals surface area contributed by atoms with Crippen LogP contribution in [0.1, 0.15) is 30.5 Å². The predicted molar refractivity (Wildman–Crippen MR) is 116 cm³/mol. The summed E-state index contributed by atoms with van der Waals surface area (Å²) in [6, 6.07) is 13.7. The number of rotatable bonds is 8. The number of benzene rings is 2. The van der Waals surface area contributed by atoms with E-state index >= 15 is 0 Å². The zero-order valence-corrected chi connectivity index (χ0v) is 17.7. The number of aryl methyl sites for hydroxylation is 1. The van der Waals surface area contributed by atoms with E-state index in [0.29, 0.717) is 23.3 Å². The lowest BCUT2D eigenvalue weighted by Gasteiger charge is -2.18. The molecule has 2 aromatic carbocycles. The van der Waals surface area contributed by atoms with E-state index in [1.807, 2.05) is 37.3 Å². The number of ether oxygens (including phenoxy) is 1. The Kier molecular flexibility index (Phi) is 6.74. The van der Waals surface area contributed by atoms with Gasteiger partial charge in [-0.05, 0) is 36.1 Å². The van der Waals surface area contributed by atoms with Crippen LogP contribution in [-0.2, 0) is 16.0 Å². The maximum Gasteiger partial charge on any atom is 0.340 e. The molecule has 31 heavy (non-hydrogen) atoms. The number of aliphatic carboxylic acids is 1. The number of carboxylic acids is 1. The second kappa shape index (κ2) is 9.47. The molecular formula is C24H25NO6. The molecular weight excluding hydrogens is 398 g/mol. The van der Waals surface area contributed by atoms with Gasteiger partial charge in [0.15, 0.2) is 6.61 Å². The standard InChI is InChI=1S/C24H25NO6/c1-14(2)22(23(27)28)25-21(26)13-30-17-9-10-18-15(3)19(24(29)31-20(18)12-17)11-16-7-5-4-6-8-16/h4-10,12,14,22H,11,13H2,1-3H3,(H,25,26)(H,27,28)/t22-/m0/s1. The first-order valence-electron chi connectivity index (χ1n) is 10.0. The zero-order valence-electron chi connectivity index (χ0n) is 17.7. The summed E-state index contributed by atoms with van der Waals surface area (Å²) >= 11 is 0. The Hall–Kier alpha value is -3.61. The summed E-state index contributed by atoms with van der Waals surface area (Å²) in [5, 5.41) is 12.4. The van der Waals surface area contributed by atoms with Crippen molar-refractivity contribution >= 4 is 22.8 Å². The van der Waals surface area contributed by atoms with Crippen LogP contribution in [0.15, 0.2) is 57.7 Å². The van der Waals surface area contributed by atoms with Gasteiger partial charge < -0.3 is 19.6 Å². The van der Waals surface area contributed by atoms with Gasteiger partial charge in [-0.2, -0.15) is 0 Å². The largest absolute Gasteiger partial charge is 0.484 e. The Balaban J connectivity index is 1.76. The molecule has 2 N–H and O–H groups in total. The number of carbonyl (C=O) groups excluding carboxylic acids is 1. The van der Waals surface area contributed by atoms with Gasteiger partial charge >= 0.3 is 11.6 Å². The highest BCUT2D eigenvalue weighted by atomic mass is 16.5. The van der Waals surface area contributed by atoms with Gasteiger partial charge in [0.25, 0.3) is 5.91 Å². The van der Waals surface area contributed by atoms with Gasteiger partial charge in [-0.25, -0.2) is 9.59 Å². The van der Waals surface area contributed by atoms with Crippen molar-refractivity contribution in [1.82, 2.24) is 5.32 Å². The molecule has 7 nitrogen and oxygen atoms in total. The fourth-order valence-electron chi connectivity index (χ4n) is 3.35. The van der Waals surface area contributed by atoms with Crippen LogP contribution in [0.2, 0.25) is 0 Å². The Morgan fingerprint density at radius 3 is 2.48 bits per heavy atom. The van der Waals surface area contributed by atoms with Crippen molar-refractivity contribution < 1.29 is 23.8 Å². The summed E-state index contributed by atoms with van der Waals surface area (Å²) in [6.07, 6.45) is 0.476. The zero-order chi connectivity index (χ0) is 22.5. The van der Waals surface area contributed by atoms with Gasteiger partial charge in [-0.3, -0.25) is 4.79 Å². The minimum Gasteiger partial charge on any atom is -0.484 e. The van der Waals surface area contributed by atoms with Crippen molar-refractivity contribution in [3.8, 4) is 5.75 Å². The quantitative estimate of drug-likeness (QED) is 0.539. The third kappa shape index (κ3) is 5.31. The summed E-state index contributed by atoms with van der Waals surface area (Å²) in [5.74, 6) is -1.56. The van der Waals surface area contributed by atoms with Crippen molar-refractivity contribution in [2.24, 2.45) is 5.92 Å². The average Bonchev–Trinajstić information content (AvgIpc) is 2.73. The topological polar surface area (TPSA) is 106 Å². The summed E-state index contributed by atoms with van der Waals surface area (Å²) in [5.41, 5.74) is 2.40. The minimum atomic E-state index is -1.10. The van der Waals surface area contributed by atoms with E-state index in [-0.39, 0.29) is 12.5 Å². The molecule has 0 spiro atoms. The Morgan fingerprint density at radius 1 is 1.13 bits per heavy atom. The van der Waals surface area contributed by atoms with Gasteiger partial charge in [0.2, 0.25) is 0 Å². The molecule has 0 radical (unpaired) electrons. The molecule has 3 rings (SSSR count). The van der Waals surface area contributed by atoms with Gasteiger partial charge in [-0.1, -0.05) is 44.2 Å². The number of carbonyl (C=O) groups is 2. The van der Waals surface area contributed by atoms with Crippen LogP contribution >= 0.6 is 0 Å². The van der Waals surface area contributed by atoms with Crippen molar-refractivity contribution in [2.45, 2.75) is 33.2 Å². The molecule has 162 valence electrons. The van der Waals surface area contributed by atoms with Crippen LogP contribution in [0.4, 0.5) is 0 Å². The number of nitrogens with one attached hydrogen (secondary N) is 1. The van der Waals surface area contributed by atoms with E-state index < -0.39 is 23.5 Å². The molecule has 1 amide bonds. The highest BCUT2D eigenvalue weighted by Gasteiger charge is 2.23. The summed E-state index contributed by atoms with van der Waals surface area (Å²) in [7, 11) is 0. The van der Waals surface area contributed by atoms with Crippen molar-refractivity contribution in [1.29, 1.82) is 0 Å². The molecule has 1 heterocycles. The number of carboxylic acid groups (broad SMARTS) is 1. The predicted octanol–water partition coefficient (Wildman–Crippen LogP) is 3.30. The summed E-state index contributed by atoms with van der Waals surface area (Å²) in [6.45, 7) is 4.94. The normalized spacial score (nSPS) is 12.0. The van der Waals surface area contributed by atoms with Crippen LogP contribution in [0, 0.1) is 12.8 Å². The molecule has 1 atom stereocenters. The fraction of sp³-hybridized carbons (Fsp3) is 0.292. The molecule has 7 heteroatoms. The first kappa shape index (κ1) is 22.1. The minimum absolute atomic E-state index is 0.260. The van der Waals surface area contributed by atoms with E-state index in [1.54, 1.807) is 32.0 Å². The van der Waals surface area contributed by atoms with Crippen molar-refractivity contribution in [3.05, 3.63) is 75.6 Å². The Bertz CT molecular complexity index is 1150. The fourth-order valence-corrected chi connectivity index (χ4v) is 3.35. The number of hydrogen-bond acceptors (Lipinski definition) is 5. The SMILES string of the molecule is Cc1c(Cc2ccccc2)c(=O)oc2cc(OCC(=O)N[C@H](C(=O)O)C(C)C)ccc12. The van der Waals surface area contributed by atoms with E-state index in [1.165, 1.54) is 0 Å². The highest BCUT2D eigenvalue weighted by molar-refractivity contribution is 5.85. The van der Waals surface area contributed by atoms with E-state index in [0.717, 1.165) is 16.5 Å². The average molecular weight is 423 g/mol. The lowest BCUT2D eigenvalue weighted by atomic mass is 10.00. The van der Waals surface area contributed by atoms with Gasteiger partial charge in [0.1, 0.15) is 17.4 Å². The van der Waals surface area contributed by atoms with Crippen molar-refractivity contribution in [3.63, 3.8) is 0 Å². The van der Waals surface area contributed by atoms with Gasteiger partial charge in [0.05, 0.1) is 0 Å². The maximum absolute atomic E-state index is 12.6. The van der Waals surface area contributed by atoms with Gasteiger partial charge in [0, 0.05) is 23.4 Å². The molecule has 0 unspecified atom stereocenters. The second-order valence-corrected chi connectivity index (χ2v) is 7.73. The van der Waals surface area contributed by atoms with E-state index in [4.69, 9.17) is 14.3 Å². The summed E-state index contributed by atoms with van der Waals surface area (Å²) < 4.78 is 11.0. The third-order valence-corrected chi connectivity index (χ3v) is 5.10. The first-order chi connectivity index (χ1) is 14.8. The number of hydrogen-bond donors (Lipinski definition) is 2. The molecule has 0 aliphatic heterocycles. The molecule has 1 aromatic heterocycles. The second-order valence-electron chi connectivity index (χ2n) is 7.73. The van der Waals surface area contributed by atoms with Crippen LogP contribution in [0.5, 0.6) is 5.75 Å². The molecule has 0 bridgehead atoms. The van der Waals surface area contributed by atoms with Gasteiger partial charge in [-0.15, -0.1) is 0 Å². The summed E-state index contributed by atoms with van der Waals surface area (Å²) in [4.78, 5) is 35.8. The number of amides is 1. The molecule has 0 fully saturated rings. The molecule has 3 aromatic rings. The Labute approximate surface area is 179 Å². The van der Waals surface area contributed by atoms with E-state index in [2.05, 4.69) is 5.32 Å². The lowest BCUT2D eigenvalue weighted by molar-refractivity contribution is -0.143. The first-order valence-corrected chi connectivity index (χ1v) is 10.0. The maximum atomic E-state index is 12.6. The van der Waals surface area contributed by atoms with Crippen LogP contribution in [-0.4, -0.2) is 29.6 Å². The highest BCUT2D eigenvalue weighted by Crippen LogP contribution is 2.25. The van der Waals surface area contributed by atoms with Crippen molar-refractivity contribution in [2.75, 3.05) is 6.61 Å². The molecule has 0 saturated heterocycles. The van der Waals surface area contributed by atoms with E-state index in [9.17, 15) is 14.4 Å². The molecule has 0 aliphatic carbocycles. The van der Waals surface area contributed by atoms with Crippen LogP contribution in [0.25, 0.3) is 11.0 Å². The van der Waals surface area contributed by atoms with Crippen LogP contribution in [0.3, 0.4) is 0 Å². The molecule has 0 saturated carbocycles. The third-order valence-electron chi connectivity index (χ3n) is 5.10. The van der Waals surface area contributed by atoms with Crippen LogP contribution < -0.4 is 15.7 Å². The number of fused-ring (bicyclic) bond motifs is 1.